The van der Waals surface area contributed by atoms with Crippen molar-refractivity contribution >= 4 is 0 Å². The Labute approximate surface area is 134 Å². The summed E-state index contributed by atoms with van der Waals surface area (Å²) in [5.74, 6) is 0.977. The number of hydrogen-bond acceptors (Lipinski definition) is 6. The maximum Gasteiger partial charge on any atom is 0.161 e. The quantitative estimate of drug-likeness (QED) is 0.666. The van der Waals surface area contributed by atoms with Gasteiger partial charge in [0, 0.05) is 25.0 Å². The second kappa shape index (κ2) is 5.21. The molecule has 5 unspecified atom stereocenters. The molecular weight excluding hydrogens is 298 g/mol. The largest absolute Gasteiger partial charge is 0.493 e. The molecule has 4 rings (SSSR count). The Morgan fingerprint density at radius 3 is 2.43 bits per heavy atom. The van der Waals surface area contributed by atoms with Crippen LogP contribution in [-0.2, 0) is 6.54 Å². The fourth-order valence-corrected chi connectivity index (χ4v) is 4.30. The Balaban J connectivity index is 1.86. The molecule has 0 aromatic heterocycles. The third-order valence-electron chi connectivity index (χ3n) is 5.40. The lowest BCUT2D eigenvalue weighted by molar-refractivity contribution is -0.0903. The van der Waals surface area contributed by atoms with Crippen LogP contribution in [0.3, 0.4) is 0 Å². The van der Waals surface area contributed by atoms with Gasteiger partial charge >= 0.3 is 0 Å². The monoisotopic (exact) mass is 319 g/mol. The third-order valence-corrected chi connectivity index (χ3v) is 5.40. The molecule has 1 aromatic rings. The first-order valence-corrected chi connectivity index (χ1v) is 7.79. The maximum absolute atomic E-state index is 10.6. The van der Waals surface area contributed by atoms with Crippen LogP contribution >= 0.6 is 0 Å². The van der Waals surface area contributed by atoms with Gasteiger partial charge in [0.1, 0.15) is 12.2 Å². The molecule has 124 valence electrons. The van der Waals surface area contributed by atoms with Gasteiger partial charge in [0.15, 0.2) is 11.5 Å². The molecule has 1 aliphatic carbocycles. The van der Waals surface area contributed by atoms with Crippen LogP contribution in [0.1, 0.15) is 17.0 Å². The molecule has 23 heavy (non-hydrogen) atoms. The fraction of sp³-hybridized carbons (Fsp3) is 0.529. The first-order valence-electron chi connectivity index (χ1n) is 7.79. The average Bonchev–Trinajstić information content (AvgIpc) is 2.99. The van der Waals surface area contributed by atoms with Crippen LogP contribution in [-0.4, -0.2) is 65.3 Å². The molecule has 0 spiro atoms. The highest BCUT2D eigenvalue weighted by Crippen LogP contribution is 2.49. The number of benzene rings is 1. The summed E-state index contributed by atoms with van der Waals surface area (Å²) in [5.41, 5.74) is 2.82. The van der Waals surface area contributed by atoms with E-state index in [1.165, 1.54) is 0 Å². The molecule has 0 radical (unpaired) electrons. The van der Waals surface area contributed by atoms with E-state index in [4.69, 9.17) is 9.47 Å². The fourth-order valence-electron chi connectivity index (χ4n) is 4.30. The van der Waals surface area contributed by atoms with Gasteiger partial charge < -0.3 is 24.8 Å². The number of rotatable bonds is 2. The van der Waals surface area contributed by atoms with Gasteiger partial charge in [-0.1, -0.05) is 6.08 Å². The van der Waals surface area contributed by atoms with Gasteiger partial charge in [-0.05, 0) is 28.8 Å². The molecule has 2 aliphatic heterocycles. The van der Waals surface area contributed by atoms with Gasteiger partial charge in [-0.2, -0.15) is 0 Å². The zero-order chi connectivity index (χ0) is 16.3. The lowest BCUT2D eigenvalue weighted by Crippen LogP contribution is -2.57. The van der Waals surface area contributed by atoms with Crippen LogP contribution in [0, 0.1) is 0 Å². The summed E-state index contributed by atoms with van der Waals surface area (Å²) in [6.45, 7) is 1.42. The Morgan fingerprint density at radius 2 is 1.74 bits per heavy atom. The zero-order valence-electron chi connectivity index (χ0n) is 13.1. The lowest BCUT2D eigenvalue weighted by Gasteiger charge is -2.48. The van der Waals surface area contributed by atoms with Crippen LogP contribution in [0.2, 0.25) is 0 Å². The van der Waals surface area contributed by atoms with E-state index in [-0.39, 0.29) is 12.0 Å². The molecule has 3 N–H and O–H groups in total. The van der Waals surface area contributed by atoms with Crippen molar-refractivity contribution in [3.63, 3.8) is 0 Å². The van der Waals surface area contributed by atoms with Gasteiger partial charge in [0.05, 0.1) is 20.3 Å². The zero-order valence-corrected chi connectivity index (χ0v) is 13.1. The smallest absolute Gasteiger partial charge is 0.161 e. The summed E-state index contributed by atoms with van der Waals surface area (Å²) in [4.78, 5) is 2.21. The second-order valence-corrected chi connectivity index (χ2v) is 6.44. The SMILES string of the molecule is COc1cc2c(cc1OC)C1C(O)C(O)C(O)C3=CCN(C2)C31. The van der Waals surface area contributed by atoms with Crippen molar-refractivity contribution in [3.8, 4) is 11.5 Å². The highest BCUT2D eigenvalue weighted by Gasteiger charge is 2.52. The van der Waals surface area contributed by atoms with Crippen molar-refractivity contribution in [3.05, 3.63) is 34.9 Å². The van der Waals surface area contributed by atoms with E-state index in [9.17, 15) is 15.3 Å². The van der Waals surface area contributed by atoms with E-state index in [1.807, 2.05) is 18.2 Å². The summed E-state index contributed by atoms with van der Waals surface area (Å²) in [7, 11) is 3.18. The van der Waals surface area contributed by atoms with Crippen molar-refractivity contribution in [1.82, 2.24) is 4.90 Å². The maximum atomic E-state index is 10.6. The standard InChI is InChI=1S/C17H21NO5/c1-22-11-5-8-7-18-4-3-9-14(18)13(10(8)6-12(11)23-2)16(20)17(21)15(9)19/h3,5-6,13-17,19-21H,4,7H2,1-2H3. The normalized spacial score (nSPS) is 35.3. The summed E-state index contributed by atoms with van der Waals surface area (Å²) in [6.07, 6.45) is -1.23. The van der Waals surface area contributed by atoms with E-state index in [2.05, 4.69) is 4.90 Å². The first kappa shape index (κ1) is 15.0. The molecular formula is C17H21NO5. The van der Waals surface area contributed by atoms with Crippen molar-refractivity contribution in [2.75, 3.05) is 20.8 Å². The number of aliphatic hydroxyl groups is 3. The summed E-state index contributed by atoms with van der Waals surface area (Å²) in [6, 6.07) is 3.75. The Morgan fingerprint density at radius 1 is 1.04 bits per heavy atom. The van der Waals surface area contributed by atoms with Crippen molar-refractivity contribution < 1.29 is 24.8 Å². The van der Waals surface area contributed by atoms with E-state index < -0.39 is 18.3 Å². The molecule has 1 fully saturated rings. The Kier molecular flexibility index (Phi) is 3.39. The van der Waals surface area contributed by atoms with Gasteiger partial charge in [-0.25, -0.2) is 0 Å². The number of ether oxygens (including phenoxy) is 2. The van der Waals surface area contributed by atoms with Gasteiger partial charge in [-0.15, -0.1) is 0 Å². The highest BCUT2D eigenvalue weighted by molar-refractivity contribution is 5.53. The summed E-state index contributed by atoms with van der Waals surface area (Å²) in [5, 5.41) is 31.1. The molecule has 3 aliphatic rings. The van der Waals surface area contributed by atoms with E-state index >= 15 is 0 Å². The van der Waals surface area contributed by atoms with Crippen LogP contribution in [0.4, 0.5) is 0 Å². The molecule has 0 saturated heterocycles. The Hall–Kier alpha value is -1.60. The molecule has 6 heteroatoms. The predicted molar refractivity (Wildman–Crippen MR) is 82.6 cm³/mol. The predicted octanol–water partition coefficient (Wildman–Crippen LogP) is 0.00790. The van der Waals surface area contributed by atoms with Gasteiger partial charge in [-0.3, -0.25) is 4.90 Å². The van der Waals surface area contributed by atoms with Crippen LogP contribution in [0.5, 0.6) is 11.5 Å². The summed E-state index contributed by atoms with van der Waals surface area (Å²) < 4.78 is 10.8. The third kappa shape index (κ3) is 1.96. The first-order chi connectivity index (χ1) is 11.1. The number of hydrogen-bond donors (Lipinski definition) is 3. The van der Waals surface area contributed by atoms with Crippen LogP contribution in [0.25, 0.3) is 0 Å². The molecule has 1 aromatic carbocycles. The molecule has 2 heterocycles. The van der Waals surface area contributed by atoms with Crippen LogP contribution < -0.4 is 9.47 Å². The number of methoxy groups -OCH3 is 2. The number of nitrogens with zero attached hydrogens (tertiary/aromatic N) is 1. The minimum absolute atomic E-state index is 0.0750. The highest BCUT2D eigenvalue weighted by atomic mass is 16.5. The average molecular weight is 319 g/mol. The lowest BCUT2D eigenvalue weighted by atomic mass is 9.70. The molecule has 1 saturated carbocycles. The minimum Gasteiger partial charge on any atom is -0.493 e. The molecule has 0 bridgehead atoms. The van der Waals surface area contributed by atoms with Gasteiger partial charge in [0.25, 0.3) is 0 Å². The second-order valence-electron chi connectivity index (χ2n) is 6.44. The van der Waals surface area contributed by atoms with Crippen molar-refractivity contribution in [2.45, 2.75) is 36.8 Å². The Bertz CT molecular complexity index is 673. The minimum atomic E-state index is -1.18. The molecule has 0 amide bonds. The number of aliphatic hydroxyl groups excluding tert-OH is 3. The van der Waals surface area contributed by atoms with Crippen molar-refractivity contribution in [2.24, 2.45) is 0 Å². The van der Waals surface area contributed by atoms with E-state index in [0.717, 1.165) is 16.7 Å². The van der Waals surface area contributed by atoms with Gasteiger partial charge in [0.2, 0.25) is 0 Å². The van der Waals surface area contributed by atoms with E-state index in [0.29, 0.717) is 24.6 Å². The van der Waals surface area contributed by atoms with E-state index in [1.54, 1.807) is 14.2 Å². The topological polar surface area (TPSA) is 82.4 Å². The number of fused-ring (bicyclic) bond motifs is 2. The summed E-state index contributed by atoms with van der Waals surface area (Å²) >= 11 is 0. The molecule has 6 nitrogen and oxygen atoms in total. The van der Waals surface area contributed by atoms with Crippen molar-refractivity contribution in [1.29, 1.82) is 0 Å². The van der Waals surface area contributed by atoms with Crippen LogP contribution in [0.15, 0.2) is 23.8 Å². The molecule has 5 atom stereocenters.